The average molecular weight is 168 g/mol. The van der Waals surface area contributed by atoms with Crippen LogP contribution in [0.2, 0.25) is 0 Å². The summed E-state index contributed by atoms with van der Waals surface area (Å²) < 4.78 is 4.88. The number of rotatable bonds is 3. The second-order valence-corrected chi connectivity index (χ2v) is 3.49. The Morgan fingerprint density at radius 2 is 2.08 bits per heavy atom. The SMILES string of the molecule is C=C(CC1CCCC1)OC(C)=O. The van der Waals surface area contributed by atoms with Gasteiger partial charge in [-0.1, -0.05) is 32.3 Å². The molecular formula is C10H16O2. The fourth-order valence-corrected chi connectivity index (χ4v) is 1.78. The van der Waals surface area contributed by atoms with E-state index in [9.17, 15) is 4.79 Å². The molecule has 68 valence electrons. The molecular weight excluding hydrogens is 152 g/mol. The lowest BCUT2D eigenvalue weighted by molar-refractivity contribution is -0.137. The maximum atomic E-state index is 10.5. The van der Waals surface area contributed by atoms with E-state index >= 15 is 0 Å². The van der Waals surface area contributed by atoms with Crippen LogP contribution in [0.1, 0.15) is 39.0 Å². The van der Waals surface area contributed by atoms with Gasteiger partial charge in [0.2, 0.25) is 0 Å². The van der Waals surface area contributed by atoms with E-state index in [1.807, 2.05) is 0 Å². The Morgan fingerprint density at radius 1 is 1.50 bits per heavy atom. The van der Waals surface area contributed by atoms with Crippen LogP contribution >= 0.6 is 0 Å². The standard InChI is InChI=1S/C10H16O2/c1-8(12-9(2)11)7-10-5-3-4-6-10/h10H,1,3-7H2,2H3. The van der Waals surface area contributed by atoms with Crippen LogP contribution in [-0.4, -0.2) is 5.97 Å². The van der Waals surface area contributed by atoms with Gasteiger partial charge in [0, 0.05) is 13.3 Å². The zero-order valence-electron chi connectivity index (χ0n) is 7.64. The minimum atomic E-state index is -0.252. The fraction of sp³-hybridized carbons (Fsp3) is 0.700. The molecule has 0 aromatic carbocycles. The van der Waals surface area contributed by atoms with Gasteiger partial charge in [-0.15, -0.1) is 0 Å². The van der Waals surface area contributed by atoms with Crippen molar-refractivity contribution in [3.05, 3.63) is 12.3 Å². The third kappa shape index (κ3) is 3.07. The number of esters is 1. The van der Waals surface area contributed by atoms with Gasteiger partial charge < -0.3 is 4.74 Å². The van der Waals surface area contributed by atoms with Crippen molar-refractivity contribution in [1.82, 2.24) is 0 Å². The quantitative estimate of drug-likeness (QED) is 0.478. The van der Waals surface area contributed by atoms with Crippen LogP contribution in [0.5, 0.6) is 0 Å². The molecule has 1 fully saturated rings. The van der Waals surface area contributed by atoms with Crippen molar-refractivity contribution < 1.29 is 9.53 Å². The molecule has 2 nitrogen and oxygen atoms in total. The van der Waals surface area contributed by atoms with Crippen molar-refractivity contribution in [1.29, 1.82) is 0 Å². The Balaban J connectivity index is 2.20. The number of carbonyl (C=O) groups is 1. The molecule has 0 heterocycles. The maximum Gasteiger partial charge on any atom is 0.307 e. The Morgan fingerprint density at radius 3 is 2.58 bits per heavy atom. The summed E-state index contributed by atoms with van der Waals surface area (Å²) in [6, 6.07) is 0. The number of hydrogen-bond acceptors (Lipinski definition) is 2. The summed E-state index contributed by atoms with van der Waals surface area (Å²) >= 11 is 0. The number of ether oxygens (including phenoxy) is 1. The van der Waals surface area contributed by atoms with Gasteiger partial charge in [-0.25, -0.2) is 0 Å². The molecule has 0 aromatic rings. The van der Waals surface area contributed by atoms with E-state index in [0.29, 0.717) is 11.7 Å². The first-order chi connectivity index (χ1) is 5.68. The molecule has 1 saturated carbocycles. The van der Waals surface area contributed by atoms with Crippen molar-refractivity contribution in [2.24, 2.45) is 5.92 Å². The average Bonchev–Trinajstić information content (AvgIpc) is 2.37. The highest BCUT2D eigenvalue weighted by molar-refractivity contribution is 5.67. The molecule has 0 aliphatic heterocycles. The Hall–Kier alpha value is -0.790. The molecule has 0 spiro atoms. The summed E-state index contributed by atoms with van der Waals surface area (Å²) in [4.78, 5) is 10.5. The first-order valence-corrected chi connectivity index (χ1v) is 4.54. The van der Waals surface area contributed by atoms with Crippen molar-refractivity contribution in [3.63, 3.8) is 0 Å². The molecule has 0 atom stereocenters. The van der Waals surface area contributed by atoms with Crippen LogP contribution in [0.15, 0.2) is 12.3 Å². The number of carbonyl (C=O) groups excluding carboxylic acids is 1. The van der Waals surface area contributed by atoms with Gasteiger partial charge >= 0.3 is 5.97 Å². The summed E-state index contributed by atoms with van der Waals surface area (Å²) in [5.74, 6) is 1.09. The van der Waals surface area contributed by atoms with Gasteiger partial charge in [-0.3, -0.25) is 4.79 Å². The molecule has 1 aliphatic rings. The molecule has 0 amide bonds. The predicted octanol–water partition coefficient (Wildman–Crippen LogP) is 2.64. The van der Waals surface area contributed by atoms with Crippen LogP contribution in [0.3, 0.4) is 0 Å². The van der Waals surface area contributed by atoms with Crippen molar-refractivity contribution in [3.8, 4) is 0 Å². The first-order valence-electron chi connectivity index (χ1n) is 4.54. The summed E-state index contributed by atoms with van der Waals surface area (Å²) in [5, 5.41) is 0. The van der Waals surface area contributed by atoms with E-state index in [2.05, 4.69) is 6.58 Å². The predicted molar refractivity (Wildman–Crippen MR) is 47.5 cm³/mol. The highest BCUT2D eigenvalue weighted by Gasteiger charge is 2.16. The molecule has 0 bridgehead atoms. The highest BCUT2D eigenvalue weighted by atomic mass is 16.5. The summed E-state index contributed by atoms with van der Waals surface area (Å²) in [7, 11) is 0. The molecule has 12 heavy (non-hydrogen) atoms. The third-order valence-electron chi connectivity index (χ3n) is 2.28. The van der Waals surface area contributed by atoms with E-state index in [1.54, 1.807) is 0 Å². The van der Waals surface area contributed by atoms with E-state index < -0.39 is 0 Å². The third-order valence-corrected chi connectivity index (χ3v) is 2.28. The molecule has 0 radical (unpaired) electrons. The smallest absolute Gasteiger partial charge is 0.307 e. The van der Waals surface area contributed by atoms with Crippen molar-refractivity contribution >= 4 is 5.97 Å². The minimum absolute atomic E-state index is 0.252. The molecule has 1 aliphatic carbocycles. The van der Waals surface area contributed by atoms with Crippen LogP contribution < -0.4 is 0 Å². The fourth-order valence-electron chi connectivity index (χ4n) is 1.78. The van der Waals surface area contributed by atoms with E-state index in [-0.39, 0.29) is 5.97 Å². The molecule has 0 saturated heterocycles. The van der Waals surface area contributed by atoms with Gasteiger partial charge in [0.1, 0.15) is 5.76 Å². The van der Waals surface area contributed by atoms with Crippen LogP contribution in [0.25, 0.3) is 0 Å². The highest BCUT2D eigenvalue weighted by Crippen LogP contribution is 2.29. The summed E-state index contributed by atoms with van der Waals surface area (Å²) in [6.45, 7) is 5.13. The molecule has 2 heteroatoms. The second kappa shape index (κ2) is 4.29. The van der Waals surface area contributed by atoms with Crippen LogP contribution in [-0.2, 0) is 9.53 Å². The van der Waals surface area contributed by atoms with Gasteiger partial charge in [0.15, 0.2) is 0 Å². The maximum absolute atomic E-state index is 10.5. The lowest BCUT2D eigenvalue weighted by atomic mass is 10.0. The second-order valence-electron chi connectivity index (χ2n) is 3.49. The molecule has 1 rings (SSSR count). The van der Waals surface area contributed by atoms with E-state index in [1.165, 1.54) is 32.6 Å². The van der Waals surface area contributed by atoms with E-state index in [0.717, 1.165) is 6.42 Å². The Labute approximate surface area is 73.6 Å². The van der Waals surface area contributed by atoms with Crippen LogP contribution in [0, 0.1) is 5.92 Å². The number of allylic oxidation sites excluding steroid dienone is 1. The summed E-state index contributed by atoms with van der Waals surface area (Å²) in [6.07, 6.45) is 6.02. The largest absolute Gasteiger partial charge is 0.432 e. The van der Waals surface area contributed by atoms with E-state index in [4.69, 9.17) is 4.74 Å². The lowest BCUT2D eigenvalue weighted by Gasteiger charge is -2.09. The van der Waals surface area contributed by atoms with Crippen molar-refractivity contribution in [2.45, 2.75) is 39.0 Å². The van der Waals surface area contributed by atoms with Gasteiger partial charge in [0.25, 0.3) is 0 Å². The monoisotopic (exact) mass is 168 g/mol. The molecule has 0 unspecified atom stereocenters. The lowest BCUT2D eigenvalue weighted by Crippen LogP contribution is -2.02. The van der Waals surface area contributed by atoms with Gasteiger partial charge in [-0.05, 0) is 5.92 Å². The molecule has 0 N–H and O–H groups in total. The van der Waals surface area contributed by atoms with Crippen molar-refractivity contribution in [2.75, 3.05) is 0 Å². The van der Waals surface area contributed by atoms with Gasteiger partial charge in [0.05, 0.1) is 0 Å². The Kier molecular flexibility index (Phi) is 3.32. The zero-order chi connectivity index (χ0) is 8.97. The normalized spacial score (nSPS) is 17.8. The Bertz CT molecular complexity index is 178. The number of hydrogen-bond donors (Lipinski definition) is 0. The zero-order valence-corrected chi connectivity index (χ0v) is 7.64. The first kappa shape index (κ1) is 9.30. The van der Waals surface area contributed by atoms with Crippen LogP contribution in [0.4, 0.5) is 0 Å². The summed E-state index contributed by atoms with van der Waals surface area (Å²) in [5.41, 5.74) is 0. The minimum Gasteiger partial charge on any atom is -0.432 e. The topological polar surface area (TPSA) is 26.3 Å². The van der Waals surface area contributed by atoms with Gasteiger partial charge in [-0.2, -0.15) is 0 Å². The molecule has 0 aromatic heterocycles.